The minimum Gasteiger partial charge on any atom is -0.372 e. The highest BCUT2D eigenvalue weighted by molar-refractivity contribution is 9.10. The van der Waals surface area contributed by atoms with E-state index in [4.69, 9.17) is 0 Å². The van der Waals surface area contributed by atoms with Gasteiger partial charge >= 0.3 is 0 Å². The number of amides is 1. The fourth-order valence-electron chi connectivity index (χ4n) is 2.33. The maximum Gasteiger partial charge on any atom is 0.240 e. The highest BCUT2D eigenvalue weighted by Gasteiger charge is 2.30. The molecular weight excluding hydrogens is 292 g/mol. The van der Waals surface area contributed by atoms with Gasteiger partial charge in [0.25, 0.3) is 0 Å². The first-order valence-electron chi connectivity index (χ1n) is 6.47. The third-order valence-corrected chi connectivity index (χ3v) is 4.28. The van der Waals surface area contributed by atoms with Crippen LogP contribution in [0.2, 0.25) is 0 Å². The van der Waals surface area contributed by atoms with Gasteiger partial charge in [0.05, 0.1) is 4.83 Å². The number of rotatable bonds is 4. The number of carbonyl (C=O) groups is 1. The van der Waals surface area contributed by atoms with E-state index >= 15 is 0 Å². The van der Waals surface area contributed by atoms with E-state index in [0.29, 0.717) is 0 Å². The van der Waals surface area contributed by atoms with Crippen molar-refractivity contribution < 1.29 is 4.79 Å². The van der Waals surface area contributed by atoms with Gasteiger partial charge in [-0.25, -0.2) is 0 Å². The molecule has 1 aliphatic heterocycles. The van der Waals surface area contributed by atoms with Crippen molar-refractivity contribution in [2.45, 2.75) is 25.1 Å². The number of carbonyl (C=O) groups excluding carboxylic acids is 1. The van der Waals surface area contributed by atoms with Crippen LogP contribution in [0.25, 0.3) is 0 Å². The van der Waals surface area contributed by atoms with Crippen LogP contribution in [-0.4, -0.2) is 30.4 Å². The van der Waals surface area contributed by atoms with Gasteiger partial charge in [-0.3, -0.25) is 4.79 Å². The molecule has 1 aromatic carbocycles. The van der Waals surface area contributed by atoms with Crippen molar-refractivity contribution in [1.29, 1.82) is 0 Å². The zero-order chi connectivity index (χ0) is 13.1. The molecule has 0 saturated carbocycles. The Kier molecular flexibility index (Phi) is 4.27. The van der Waals surface area contributed by atoms with E-state index in [0.717, 1.165) is 31.7 Å². The maximum atomic E-state index is 11.9. The summed E-state index contributed by atoms with van der Waals surface area (Å²) in [4.78, 5) is 16.0. The van der Waals surface area contributed by atoms with Gasteiger partial charge in [0.1, 0.15) is 0 Å². The Labute approximate surface area is 117 Å². The van der Waals surface area contributed by atoms with Crippen LogP contribution in [0.3, 0.4) is 0 Å². The van der Waals surface area contributed by atoms with Crippen molar-refractivity contribution in [1.82, 2.24) is 0 Å². The van der Waals surface area contributed by atoms with Crippen molar-refractivity contribution in [2.24, 2.45) is 0 Å². The molecule has 1 unspecified atom stereocenters. The number of hydrogen-bond donors (Lipinski definition) is 0. The molecule has 1 aliphatic rings. The van der Waals surface area contributed by atoms with Gasteiger partial charge in [-0.2, -0.15) is 0 Å². The van der Waals surface area contributed by atoms with Gasteiger partial charge < -0.3 is 9.80 Å². The molecule has 1 aromatic rings. The molecule has 1 saturated heterocycles. The van der Waals surface area contributed by atoms with Gasteiger partial charge in [0, 0.05) is 31.0 Å². The SMILES string of the molecule is CCN(CC)c1ccc(N2CCC(Br)C2=O)cc1. The Morgan fingerprint density at radius 3 is 2.33 bits per heavy atom. The fourth-order valence-corrected chi connectivity index (χ4v) is 2.79. The maximum absolute atomic E-state index is 11.9. The molecule has 0 bridgehead atoms. The molecule has 1 atom stereocenters. The van der Waals surface area contributed by atoms with E-state index in [9.17, 15) is 4.79 Å². The Hall–Kier alpha value is -1.03. The van der Waals surface area contributed by atoms with Crippen molar-refractivity contribution in [2.75, 3.05) is 29.4 Å². The second kappa shape index (κ2) is 5.74. The standard InChI is InChI=1S/C14H19BrN2O/c1-3-16(4-2)11-5-7-12(8-6-11)17-10-9-13(15)14(17)18/h5-8,13H,3-4,9-10H2,1-2H3. The first kappa shape index (κ1) is 13.4. The number of hydrogen-bond acceptors (Lipinski definition) is 2. The van der Waals surface area contributed by atoms with Crippen LogP contribution in [0.1, 0.15) is 20.3 Å². The zero-order valence-electron chi connectivity index (χ0n) is 10.9. The van der Waals surface area contributed by atoms with Gasteiger partial charge in [-0.05, 0) is 44.5 Å². The van der Waals surface area contributed by atoms with Crippen LogP contribution in [0.15, 0.2) is 24.3 Å². The number of halogens is 1. The Balaban J connectivity index is 2.15. The molecule has 2 rings (SSSR count). The minimum absolute atomic E-state index is 0.0139. The second-order valence-corrected chi connectivity index (χ2v) is 5.54. The Morgan fingerprint density at radius 2 is 1.89 bits per heavy atom. The van der Waals surface area contributed by atoms with Crippen LogP contribution < -0.4 is 9.80 Å². The summed E-state index contributed by atoms with van der Waals surface area (Å²) >= 11 is 3.40. The summed E-state index contributed by atoms with van der Waals surface area (Å²) in [5, 5.41) is 0. The van der Waals surface area contributed by atoms with Crippen molar-refractivity contribution in [3.63, 3.8) is 0 Å². The minimum atomic E-state index is -0.0139. The molecule has 1 amide bonds. The average molecular weight is 311 g/mol. The Morgan fingerprint density at radius 1 is 1.28 bits per heavy atom. The Bertz CT molecular complexity index is 414. The van der Waals surface area contributed by atoms with E-state index < -0.39 is 0 Å². The van der Waals surface area contributed by atoms with Crippen molar-refractivity contribution in [3.8, 4) is 0 Å². The van der Waals surface area contributed by atoms with Gasteiger partial charge in [-0.15, -0.1) is 0 Å². The normalized spacial score (nSPS) is 19.4. The molecule has 0 aromatic heterocycles. The van der Waals surface area contributed by atoms with Crippen LogP contribution >= 0.6 is 15.9 Å². The molecule has 0 N–H and O–H groups in total. The molecule has 4 heteroatoms. The molecular formula is C14H19BrN2O. The lowest BCUT2D eigenvalue weighted by Crippen LogP contribution is -2.27. The lowest BCUT2D eigenvalue weighted by atomic mass is 10.2. The molecule has 1 fully saturated rings. The number of benzene rings is 1. The predicted molar refractivity (Wildman–Crippen MR) is 79.7 cm³/mol. The van der Waals surface area contributed by atoms with Crippen LogP contribution in [-0.2, 0) is 4.79 Å². The summed E-state index contributed by atoms with van der Waals surface area (Å²) in [5.74, 6) is 0.172. The lowest BCUT2D eigenvalue weighted by Gasteiger charge is -2.22. The first-order chi connectivity index (χ1) is 8.67. The molecule has 18 heavy (non-hydrogen) atoms. The number of nitrogens with zero attached hydrogens (tertiary/aromatic N) is 2. The van der Waals surface area contributed by atoms with E-state index in [1.807, 2.05) is 17.0 Å². The monoisotopic (exact) mass is 310 g/mol. The van der Waals surface area contributed by atoms with E-state index in [1.165, 1.54) is 5.69 Å². The fraction of sp³-hybridized carbons (Fsp3) is 0.500. The molecule has 98 valence electrons. The van der Waals surface area contributed by atoms with Crippen LogP contribution in [0, 0.1) is 0 Å². The number of alkyl halides is 1. The zero-order valence-corrected chi connectivity index (χ0v) is 12.5. The molecule has 0 spiro atoms. The smallest absolute Gasteiger partial charge is 0.240 e. The third kappa shape index (κ3) is 2.53. The molecule has 1 heterocycles. The van der Waals surface area contributed by atoms with E-state index in [-0.39, 0.29) is 10.7 Å². The third-order valence-electron chi connectivity index (χ3n) is 3.43. The summed E-state index contributed by atoms with van der Waals surface area (Å²) in [6.07, 6.45) is 0.886. The number of anilines is 2. The highest BCUT2D eigenvalue weighted by Crippen LogP contribution is 2.27. The quantitative estimate of drug-likeness (QED) is 0.798. The highest BCUT2D eigenvalue weighted by atomic mass is 79.9. The molecule has 3 nitrogen and oxygen atoms in total. The topological polar surface area (TPSA) is 23.6 Å². The summed E-state index contributed by atoms with van der Waals surface area (Å²) in [5.41, 5.74) is 2.21. The van der Waals surface area contributed by atoms with Crippen molar-refractivity contribution >= 4 is 33.2 Å². The summed E-state index contributed by atoms with van der Waals surface area (Å²) < 4.78 is 0. The average Bonchev–Trinajstić information content (AvgIpc) is 2.73. The van der Waals surface area contributed by atoms with Gasteiger partial charge in [0.2, 0.25) is 5.91 Å². The van der Waals surface area contributed by atoms with E-state index in [1.54, 1.807) is 0 Å². The summed E-state index contributed by atoms with van der Waals surface area (Å²) in [6, 6.07) is 8.27. The lowest BCUT2D eigenvalue weighted by molar-refractivity contribution is -0.116. The largest absolute Gasteiger partial charge is 0.372 e. The van der Waals surface area contributed by atoms with E-state index in [2.05, 4.69) is 46.8 Å². The summed E-state index contributed by atoms with van der Waals surface area (Å²) in [6.45, 7) is 7.11. The predicted octanol–water partition coefficient (Wildman–Crippen LogP) is 3.03. The van der Waals surface area contributed by atoms with Crippen LogP contribution in [0.5, 0.6) is 0 Å². The first-order valence-corrected chi connectivity index (χ1v) is 7.39. The molecule has 0 radical (unpaired) electrons. The van der Waals surface area contributed by atoms with Crippen LogP contribution in [0.4, 0.5) is 11.4 Å². The van der Waals surface area contributed by atoms with Crippen molar-refractivity contribution in [3.05, 3.63) is 24.3 Å². The second-order valence-electron chi connectivity index (χ2n) is 4.43. The van der Waals surface area contributed by atoms with Gasteiger partial charge in [-0.1, -0.05) is 15.9 Å². The van der Waals surface area contributed by atoms with Gasteiger partial charge in [0.15, 0.2) is 0 Å². The molecule has 0 aliphatic carbocycles. The summed E-state index contributed by atoms with van der Waals surface area (Å²) in [7, 11) is 0.